The maximum absolute atomic E-state index is 12.9. The molecule has 0 spiro atoms. The molecule has 3 aromatic rings. The first kappa shape index (κ1) is 21.7. The van der Waals surface area contributed by atoms with Gasteiger partial charge in [-0.05, 0) is 48.7 Å². The zero-order valence-electron chi connectivity index (χ0n) is 16.7. The smallest absolute Gasteiger partial charge is 0.336 e. The first-order chi connectivity index (χ1) is 14.5. The summed E-state index contributed by atoms with van der Waals surface area (Å²) >= 11 is 0. The number of aryl methyl sites for hydroxylation is 1. The Morgan fingerprint density at radius 1 is 1.10 bits per heavy atom. The molecule has 0 radical (unpaired) electrons. The fourth-order valence-electron chi connectivity index (χ4n) is 3.46. The van der Waals surface area contributed by atoms with Crippen molar-refractivity contribution in [2.24, 2.45) is 5.73 Å². The molecule has 0 aliphatic carbocycles. The molecule has 160 valence electrons. The van der Waals surface area contributed by atoms with E-state index in [1.807, 2.05) is 5.32 Å². The number of benzene rings is 2. The minimum atomic E-state index is -1.73. The van der Waals surface area contributed by atoms with Crippen LogP contribution < -0.4 is 16.7 Å². The monoisotopic (exact) mass is 424 g/mol. The van der Waals surface area contributed by atoms with Gasteiger partial charge in [-0.25, -0.2) is 14.4 Å². The number of amides is 3. The van der Waals surface area contributed by atoms with Gasteiger partial charge < -0.3 is 20.4 Å². The lowest BCUT2D eigenvalue weighted by Gasteiger charge is -2.33. The minimum Gasteiger partial charge on any atom is -0.478 e. The molecule has 0 aliphatic heterocycles. The van der Waals surface area contributed by atoms with Crippen LogP contribution in [0.2, 0.25) is 0 Å². The van der Waals surface area contributed by atoms with E-state index in [4.69, 9.17) is 15.3 Å². The molecular formula is C22H20N2O7. The topological polar surface area (TPSA) is 160 Å². The average Bonchev–Trinajstić information content (AvgIpc) is 2.71. The normalized spacial score (nSPS) is 13.9. The summed E-state index contributed by atoms with van der Waals surface area (Å²) < 4.78 is 5.21. The molecule has 3 amide bonds. The molecular weight excluding hydrogens is 404 g/mol. The molecule has 9 nitrogen and oxygen atoms in total. The van der Waals surface area contributed by atoms with Crippen LogP contribution in [0.5, 0.6) is 0 Å². The van der Waals surface area contributed by atoms with Crippen molar-refractivity contribution in [3.05, 3.63) is 81.2 Å². The van der Waals surface area contributed by atoms with Crippen molar-refractivity contribution < 1.29 is 29.0 Å². The molecule has 0 fully saturated rings. The van der Waals surface area contributed by atoms with E-state index in [1.54, 1.807) is 19.1 Å². The van der Waals surface area contributed by atoms with Gasteiger partial charge in [0.05, 0.1) is 11.7 Å². The van der Waals surface area contributed by atoms with E-state index in [1.165, 1.54) is 43.3 Å². The van der Waals surface area contributed by atoms with E-state index in [0.717, 1.165) is 0 Å². The molecule has 2 atom stereocenters. The maximum atomic E-state index is 12.9. The fraction of sp³-hybridized carbons (Fsp3) is 0.182. The Labute approximate surface area is 176 Å². The largest absolute Gasteiger partial charge is 0.478 e. The number of nitrogens with one attached hydrogen (secondary N) is 1. The van der Waals surface area contributed by atoms with Gasteiger partial charge in [0.1, 0.15) is 11.0 Å². The van der Waals surface area contributed by atoms with Crippen LogP contribution in [-0.4, -0.2) is 28.1 Å². The number of hydrogen-bond donors (Lipinski definition) is 4. The number of nitrogens with two attached hydrogens (primary N) is 1. The Morgan fingerprint density at radius 3 is 2.32 bits per heavy atom. The standard InChI is InChI=1S/C22H20N2O7/c1-11-9-17(25)31-16-10-13(5-8-15(11)16)18(26)22(2,20(29)24-21(23)30)14-6-3-12(4-7-14)19(27)28/h3-10,18,26H,1-2H3,(H,27,28)(H3,23,24,29,30). The number of aliphatic hydroxyl groups is 1. The molecule has 5 N–H and O–H groups in total. The fourth-order valence-corrected chi connectivity index (χ4v) is 3.46. The second-order valence-electron chi connectivity index (χ2n) is 7.31. The van der Waals surface area contributed by atoms with Gasteiger partial charge in [0.15, 0.2) is 0 Å². The van der Waals surface area contributed by atoms with Crippen molar-refractivity contribution >= 4 is 28.9 Å². The summed E-state index contributed by atoms with van der Waals surface area (Å²) in [6.45, 7) is 3.13. The van der Waals surface area contributed by atoms with Gasteiger partial charge >= 0.3 is 17.6 Å². The zero-order valence-corrected chi connectivity index (χ0v) is 16.7. The Hall–Kier alpha value is -3.98. The summed E-state index contributed by atoms with van der Waals surface area (Å²) in [5.41, 5.74) is 4.19. The predicted octanol–water partition coefficient (Wildman–Crippen LogP) is 1.99. The zero-order chi connectivity index (χ0) is 22.9. The van der Waals surface area contributed by atoms with Gasteiger partial charge in [0.2, 0.25) is 5.91 Å². The summed E-state index contributed by atoms with van der Waals surface area (Å²) in [5, 5.41) is 22.9. The number of carboxylic acid groups (broad SMARTS) is 1. The summed E-state index contributed by atoms with van der Waals surface area (Å²) in [4.78, 5) is 47.1. The number of aromatic carboxylic acids is 1. The minimum absolute atomic E-state index is 0.0149. The van der Waals surface area contributed by atoms with Crippen LogP contribution in [-0.2, 0) is 10.2 Å². The Balaban J connectivity index is 2.15. The van der Waals surface area contributed by atoms with Crippen LogP contribution >= 0.6 is 0 Å². The van der Waals surface area contributed by atoms with E-state index in [2.05, 4.69) is 0 Å². The lowest BCUT2D eigenvalue weighted by Crippen LogP contribution is -2.50. The van der Waals surface area contributed by atoms with Gasteiger partial charge in [-0.15, -0.1) is 0 Å². The first-order valence-electron chi connectivity index (χ1n) is 9.21. The lowest BCUT2D eigenvalue weighted by atomic mass is 9.73. The van der Waals surface area contributed by atoms with Crippen molar-refractivity contribution in [3.63, 3.8) is 0 Å². The van der Waals surface area contributed by atoms with Crippen LogP contribution in [0.4, 0.5) is 4.79 Å². The number of urea groups is 1. The third kappa shape index (κ3) is 4.03. The number of carbonyl (C=O) groups excluding carboxylic acids is 2. The number of rotatable bonds is 5. The highest BCUT2D eigenvalue weighted by molar-refractivity contribution is 6.00. The van der Waals surface area contributed by atoms with Crippen LogP contribution in [0.3, 0.4) is 0 Å². The van der Waals surface area contributed by atoms with Crippen molar-refractivity contribution in [1.29, 1.82) is 0 Å². The number of carbonyl (C=O) groups is 3. The molecule has 9 heteroatoms. The summed E-state index contributed by atoms with van der Waals surface area (Å²) in [6, 6.07) is 10.2. The summed E-state index contributed by atoms with van der Waals surface area (Å²) in [7, 11) is 0. The van der Waals surface area contributed by atoms with E-state index < -0.39 is 35.1 Å². The number of aliphatic hydroxyl groups excluding tert-OH is 1. The summed E-state index contributed by atoms with van der Waals surface area (Å²) in [5.74, 6) is -2.04. The molecule has 1 heterocycles. The highest BCUT2D eigenvalue weighted by atomic mass is 16.4. The van der Waals surface area contributed by atoms with E-state index >= 15 is 0 Å². The average molecular weight is 424 g/mol. The molecule has 2 aromatic carbocycles. The number of imide groups is 1. The molecule has 0 saturated heterocycles. The maximum Gasteiger partial charge on any atom is 0.336 e. The Morgan fingerprint density at radius 2 is 1.74 bits per heavy atom. The summed E-state index contributed by atoms with van der Waals surface area (Å²) in [6.07, 6.45) is -1.50. The molecule has 31 heavy (non-hydrogen) atoms. The highest BCUT2D eigenvalue weighted by Gasteiger charge is 2.44. The van der Waals surface area contributed by atoms with Gasteiger partial charge in [-0.1, -0.05) is 24.3 Å². The van der Waals surface area contributed by atoms with Crippen LogP contribution in [0.15, 0.2) is 57.7 Å². The Kier molecular flexibility index (Phi) is 5.63. The molecule has 2 unspecified atom stereocenters. The third-order valence-corrected chi connectivity index (χ3v) is 5.28. The molecule has 0 bridgehead atoms. The highest BCUT2D eigenvalue weighted by Crippen LogP contribution is 2.39. The number of primary amides is 1. The SMILES string of the molecule is Cc1cc(=O)oc2cc(C(O)C(C)(C(=O)NC(N)=O)c3ccc(C(=O)O)cc3)ccc12. The van der Waals surface area contributed by atoms with Crippen molar-refractivity contribution in [1.82, 2.24) is 5.32 Å². The lowest BCUT2D eigenvalue weighted by molar-refractivity contribution is -0.129. The molecule has 3 rings (SSSR count). The van der Waals surface area contributed by atoms with Crippen molar-refractivity contribution in [2.75, 3.05) is 0 Å². The van der Waals surface area contributed by atoms with Gasteiger partial charge in [-0.3, -0.25) is 10.1 Å². The number of fused-ring (bicyclic) bond motifs is 1. The molecule has 0 aliphatic rings. The van der Waals surface area contributed by atoms with E-state index in [9.17, 15) is 24.3 Å². The number of hydrogen-bond acceptors (Lipinski definition) is 6. The third-order valence-electron chi connectivity index (χ3n) is 5.28. The molecule has 0 saturated carbocycles. The van der Waals surface area contributed by atoms with Crippen molar-refractivity contribution in [2.45, 2.75) is 25.4 Å². The van der Waals surface area contributed by atoms with Crippen LogP contribution in [0.1, 0.15) is 40.1 Å². The molecule has 1 aromatic heterocycles. The quantitative estimate of drug-likeness (QED) is 0.456. The van der Waals surface area contributed by atoms with Gasteiger partial charge in [-0.2, -0.15) is 0 Å². The first-order valence-corrected chi connectivity index (χ1v) is 9.21. The van der Waals surface area contributed by atoms with Crippen molar-refractivity contribution in [3.8, 4) is 0 Å². The second-order valence-corrected chi connectivity index (χ2v) is 7.31. The van der Waals surface area contributed by atoms with Gasteiger partial charge in [0.25, 0.3) is 0 Å². The predicted molar refractivity (Wildman–Crippen MR) is 111 cm³/mol. The van der Waals surface area contributed by atoms with Gasteiger partial charge in [0, 0.05) is 11.5 Å². The van der Waals surface area contributed by atoms with Crippen LogP contribution in [0.25, 0.3) is 11.0 Å². The van der Waals surface area contributed by atoms with Crippen LogP contribution in [0, 0.1) is 6.92 Å². The van der Waals surface area contributed by atoms with E-state index in [-0.39, 0.29) is 22.3 Å². The Bertz CT molecular complexity index is 1250. The van der Waals surface area contributed by atoms with E-state index in [0.29, 0.717) is 10.9 Å². The number of carboxylic acids is 1. The second kappa shape index (κ2) is 8.04.